The molecule has 0 aromatic heterocycles. The third-order valence-electron chi connectivity index (χ3n) is 5.68. The lowest BCUT2D eigenvalue weighted by molar-refractivity contribution is -0.117. The maximum atomic E-state index is 13.3. The number of Topliss-reactive ketones (excluding diaryl/α,β-unsaturated/α-hetero) is 1. The third kappa shape index (κ3) is 8.68. The largest absolute Gasteiger partial charge is 0.507 e. The number of methoxy groups -OCH3 is 5. The summed E-state index contributed by atoms with van der Waals surface area (Å²) in [6.07, 6.45) is 1.37. The molecule has 0 fully saturated rings. The highest BCUT2D eigenvalue weighted by Gasteiger charge is 2.23. The van der Waals surface area contributed by atoms with Crippen molar-refractivity contribution in [3.63, 3.8) is 0 Å². The Labute approximate surface area is 224 Å². The highest BCUT2D eigenvalue weighted by molar-refractivity contribution is 5.85. The lowest BCUT2D eigenvalue weighted by atomic mass is 9.95. The van der Waals surface area contributed by atoms with Gasteiger partial charge in [-0.25, -0.2) is 0 Å². The Morgan fingerprint density at radius 3 is 1.76 bits per heavy atom. The number of hydrogen-bond donors (Lipinski definition) is 1. The third-order valence-corrected chi connectivity index (χ3v) is 5.68. The first-order valence-corrected chi connectivity index (χ1v) is 12.3. The number of benzene rings is 2. The van der Waals surface area contributed by atoms with Crippen LogP contribution in [0.4, 0.5) is 0 Å². The van der Waals surface area contributed by atoms with Crippen molar-refractivity contribution in [1.82, 2.24) is 0 Å². The standard InChI is InChI=1S/C28H40O10/c1-18(2)8-9-21-23(36-15-31-3)14-24(37-16-32-4)22(27(21)30)13-20(29)10-19-11-25(34-6)28(38-17-33-5)26(12-19)35-7/h11-12,14,18,30H,8-10,13,15-17H2,1-7H3. The molecule has 0 aliphatic rings. The lowest BCUT2D eigenvalue weighted by Gasteiger charge is -2.20. The van der Waals surface area contributed by atoms with Crippen LogP contribution in [-0.4, -0.2) is 66.8 Å². The van der Waals surface area contributed by atoms with E-state index in [0.29, 0.717) is 57.8 Å². The van der Waals surface area contributed by atoms with Crippen molar-refractivity contribution < 1.29 is 47.8 Å². The fraction of sp³-hybridized carbons (Fsp3) is 0.536. The first-order chi connectivity index (χ1) is 18.3. The maximum absolute atomic E-state index is 13.3. The van der Waals surface area contributed by atoms with Gasteiger partial charge in [-0.3, -0.25) is 4.79 Å². The number of aromatic hydroxyl groups is 1. The molecule has 2 aromatic rings. The van der Waals surface area contributed by atoms with Crippen LogP contribution >= 0.6 is 0 Å². The summed E-state index contributed by atoms with van der Waals surface area (Å²) in [5, 5.41) is 11.3. The van der Waals surface area contributed by atoms with Crippen molar-refractivity contribution in [2.45, 2.75) is 39.5 Å². The van der Waals surface area contributed by atoms with Crippen LogP contribution in [-0.2, 0) is 38.3 Å². The molecule has 0 aliphatic carbocycles. The maximum Gasteiger partial charge on any atom is 0.206 e. The average Bonchev–Trinajstić information content (AvgIpc) is 2.90. The molecule has 0 amide bonds. The van der Waals surface area contributed by atoms with E-state index < -0.39 is 0 Å². The van der Waals surface area contributed by atoms with Crippen LogP contribution in [0, 0.1) is 5.92 Å². The van der Waals surface area contributed by atoms with E-state index >= 15 is 0 Å². The van der Waals surface area contributed by atoms with Crippen molar-refractivity contribution in [2.24, 2.45) is 5.92 Å². The second-order valence-corrected chi connectivity index (χ2v) is 8.99. The van der Waals surface area contributed by atoms with Crippen LogP contribution < -0.4 is 23.7 Å². The molecule has 1 N–H and O–H groups in total. The van der Waals surface area contributed by atoms with Gasteiger partial charge in [0.05, 0.1) is 14.2 Å². The minimum absolute atomic E-state index is 0.00384. The summed E-state index contributed by atoms with van der Waals surface area (Å²) < 4.78 is 43.0. The van der Waals surface area contributed by atoms with Gasteiger partial charge < -0.3 is 43.0 Å². The number of hydrogen-bond acceptors (Lipinski definition) is 10. The molecule has 0 atom stereocenters. The summed E-state index contributed by atoms with van der Waals surface area (Å²) >= 11 is 0. The molecular formula is C28H40O10. The van der Waals surface area contributed by atoms with E-state index in [1.54, 1.807) is 18.2 Å². The number of carbonyl (C=O) groups is 1. The van der Waals surface area contributed by atoms with E-state index in [0.717, 1.165) is 6.42 Å². The van der Waals surface area contributed by atoms with Gasteiger partial charge in [0.15, 0.2) is 31.9 Å². The van der Waals surface area contributed by atoms with Gasteiger partial charge in [0.2, 0.25) is 5.75 Å². The van der Waals surface area contributed by atoms with Gasteiger partial charge in [-0.1, -0.05) is 13.8 Å². The topological polar surface area (TPSA) is 111 Å². The minimum Gasteiger partial charge on any atom is -0.507 e. The van der Waals surface area contributed by atoms with Gasteiger partial charge in [-0.2, -0.15) is 0 Å². The van der Waals surface area contributed by atoms with E-state index in [2.05, 4.69) is 13.8 Å². The van der Waals surface area contributed by atoms with Gasteiger partial charge in [0.1, 0.15) is 23.0 Å². The summed E-state index contributed by atoms with van der Waals surface area (Å²) in [6, 6.07) is 5.09. The van der Waals surface area contributed by atoms with Crippen LogP contribution in [0.25, 0.3) is 0 Å². The number of ether oxygens (including phenoxy) is 8. The monoisotopic (exact) mass is 536 g/mol. The Bertz CT molecular complexity index is 1010. The summed E-state index contributed by atoms with van der Waals surface area (Å²) in [7, 11) is 7.53. The van der Waals surface area contributed by atoms with Crippen LogP contribution in [0.3, 0.4) is 0 Å². The minimum atomic E-state index is -0.155. The van der Waals surface area contributed by atoms with Gasteiger partial charge >= 0.3 is 0 Å². The summed E-state index contributed by atoms with van der Waals surface area (Å²) in [6.45, 7) is 4.15. The van der Waals surface area contributed by atoms with Gasteiger partial charge in [-0.15, -0.1) is 0 Å². The molecule has 10 nitrogen and oxygen atoms in total. The number of carbonyl (C=O) groups excluding carboxylic acids is 1. The van der Waals surface area contributed by atoms with E-state index in [4.69, 9.17) is 37.9 Å². The average molecular weight is 537 g/mol. The van der Waals surface area contributed by atoms with Crippen molar-refractivity contribution in [1.29, 1.82) is 0 Å². The van der Waals surface area contributed by atoms with Crippen LogP contribution in [0.2, 0.25) is 0 Å². The number of phenols is 1. The molecule has 212 valence electrons. The predicted molar refractivity (Wildman–Crippen MR) is 141 cm³/mol. The molecule has 10 heteroatoms. The zero-order valence-electron chi connectivity index (χ0n) is 23.4. The van der Waals surface area contributed by atoms with Crippen LogP contribution in [0.5, 0.6) is 34.5 Å². The van der Waals surface area contributed by atoms with Crippen LogP contribution in [0.15, 0.2) is 18.2 Å². The Kier molecular flexibility index (Phi) is 13.0. The Hall–Kier alpha value is -3.21. The molecule has 0 spiro atoms. The van der Waals surface area contributed by atoms with E-state index in [9.17, 15) is 9.90 Å². The molecule has 0 saturated heterocycles. The smallest absolute Gasteiger partial charge is 0.206 e. The Balaban J connectivity index is 2.42. The summed E-state index contributed by atoms with van der Waals surface area (Å²) in [5.41, 5.74) is 1.63. The first kappa shape index (κ1) is 31.0. The van der Waals surface area contributed by atoms with Gasteiger partial charge in [0.25, 0.3) is 0 Å². The highest BCUT2D eigenvalue weighted by atomic mass is 16.7. The quantitative estimate of drug-likeness (QED) is 0.277. The molecule has 0 radical (unpaired) electrons. The van der Waals surface area contributed by atoms with Crippen molar-refractivity contribution >= 4 is 5.78 Å². The van der Waals surface area contributed by atoms with E-state index in [-0.39, 0.29) is 44.8 Å². The molecule has 0 aliphatic heterocycles. The molecule has 0 saturated carbocycles. The molecule has 0 bridgehead atoms. The molecule has 0 unspecified atom stereocenters. The van der Waals surface area contributed by atoms with Crippen molar-refractivity contribution in [3.8, 4) is 34.5 Å². The highest BCUT2D eigenvalue weighted by Crippen LogP contribution is 2.41. The number of phenolic OH excluding ortho intramolecular Hbond substituents is 1. The lowest BCUT2D eigenvalue weighted by Crippen LogP contribution is -2.12. The zero-order valence-corrected chi connectivity index (χ0v) is 23.4. The van der Waals surface area contributed by atoms with E-state index in [1.807, 2.05) is 0 Å². The number of ketones is 1. The second-order valence-electron chi connectivity index (χ2n) is 8.99. The summed E-state index contributed by atoms with van der Waals surface area (Å²) in [4.78, 5) is 13.3. The Morgan fingerprint density at radius 1 is 0.737 bits per heavy atom. The van der Waals surface area contributed by atoms with E-state index in [1.165, 1.54) is 35.5 Å². The normalized spacial score (nSPS) is 10.9. The molecule has 38 heavy (non-hydrogen) atoms. The molecule has 2 aromatic carbocycles. The van der Waals surface area contributed by atoms with Crippen molar-refractivity contribution in [3.05, 3.63) is 34.9 Å². The zero-order chi connectivity index (χ0) is 28.1. The SMILES string of the molecule is COCOc1cc(OCOC)c(CC(=O)Cc2cc(OC)c(OCOC)c(OC)c2)c(O)c1CCC(C)C. The first-order valence-electron chi connectivity index (χ1n) is 12.3. The van der Waals surface area contributed by atoms with Gasteiger partial charge in [-0.05, 0) is 36.5 Å². The fourth-order valence-electron chi connectivity index (χ4n) is 3.84. The summed E-state index contributed by atoms with van der Waals surface area (Å²) in [5.74, 6) is 2.15. The molecule has 2 rings (SSSR count). The molecule has 0 heterocycles. The predicted octanol–water partition coefficient (Wildman–Crippen LogP) is 4.30. The molecular weight excluding hydrogens is 496 g/mol. The van der Waals surface area contributed by atoms with Crippen molar-refractivity contribution in [2.75, 3.05) is 55.9 Å². The van der Waals surface area contributed by atoms with Crippen LogP contribution in [0.1, 0.15) is 37.0 Å². The van der Waals surface area contributed by atoms with Gasteiger partial charge in [0, 0.05) is 51.4 Å². The fourth-order valence-corrected chi connectivity index (χ4v) is 3.84. The Morgan fingerprint density at radius 2 is 1.26 bits per heavy atom. The number of rotatable bonds is 18. The second kappa shape index (κ2) is 15.9.